The van der Waals surface area contributed by atoms with Crippen LogP contribution >= 0.6 is 11.3 Å². The van der Waals surface area contributed by atoms with Gasteiger partial charge < -0.3 is 0 Å². The van der Waals surface area contributed by atoms with Crippen LogP contribution in [0.2, 0.25) is 0 Å². The molecule has 0 N–H and O–H groups in total. The van der Waals surface area contributed by atoms with Gasteiger partial charge in [0.1, 0.15) is 0 Å². The van der Waals surface area contributed by atoms with E-state index in [1.807, 2.05) is 11.3 Å². The zero-order valence-electron chi connectivity index (χ0n) is 13.5. The third kappa shape index (κ3) is 1.82. The van der Waals surface area contributed by atoms with Crippen LogP contribution in [0, 0.1) is 0 Å². The molecule has 0 saturated carbocycles. The van der Waals surface area contributed by atoms with Crippen molar-refractivity contribution < 1.29 is 0 Å². The maximum absolute atomic E-state index is 2.36. The first-order valence-corrected chi connectivity index (χ1v) is 9.36. The summed E-state index contributed by atoms with van der Waals surface area (Å²) in [7, 11) is 0. The zero-order chi connectivity index (χ0) is 16.4. The summed E-state index contributed by atoms with van der Waals surface area (Å²) in [5.41, 5.74) is 0. The maximum Gasteiger partial charge on any atom is 0.0362 e. The SMILES string of the molecule is c1ccc2cc3c(ccc4sc5ccc6ccccc6c5c43)cc2c1. The minimum absolute atomic E-state index is 1.30. The predicted molar refractivity (Wildman–Crippen MR) is 112 cm³/mol. The lowest BCUT2D eigenvalue weighted by atomic mass is 9.97. The molecule has 1 heteroatoms. The average molecular weight is 334 g/mol. The van der Waals surface area contributed by atoms with E-state index in [0.717, 1.165) is 0 Å². The lowest BCUT2D eigenvalue weighted by Gasteiger charge is -2.06. The Morgan fingerprint density at radius 3 is 1.84 bits per heavy atom. The summed E-state index contributed by atoms with van der Waals surface area (Å²) in [5, 5.41) is 10.8. The average Bonchev–Trinajstić information content (AvgIpc) is 3.06. The smallest absolute Gasteiger partial charge is 0.0362 e. The zero-order valence-corrected chi connectivity index (χ0v) is 14.3. The number of hydrogen-bond acceptors (Lipinski definition) is 1. The highest BCUT2D eigenvalue weighted by molar-refractivity contribution is 7.26. The molecule has 0 aliphatic carbocycles. The summed E-state index contributed by atoms with van der Waals surface area (Å²) in [5.74, 6) is 0. The van der Waals surface area contributed by atoms with Crippen molar-refractivity contribution in [2.24, 2.45) is 0 Å². The second kappa shape index (κ2) is 4.81. The molecule has 0 saturated heterocycles. The van der Waals surface area contributed by atoms with Crippen LogP contribution in [0.1, 0.15) is 0 Å². The van der Waals surface area contributed by atoms with Gasteiger partial charge in [0, 0.05) is 20.2 Å². The van der Waals surface area contributed by atoms with E-state index in [-0.39, 0.29) is 0 Å². The molecule has 0 bridgehead atoms. The Morgan fingerprint density at radius 1 is 0.440 bits per heavy atom. The summed E-state index contributed by atoms with van der Waals surface area (Å²) in [4.78, 5) is 0. The largest absolute Gasteiger partial charge is 0.135 e. The summed E-state index contributed by atoms with van der Waals surface area (Å²) >= 11 is 1.90. The van der Waals surface area contributed by atoms with Crippen molar-refractivity contribution in [3.8, 4) is 0 Å². The Bertz CT molecular complexity index is 1440. The van der Waals surface area contributed by atoms with Crippen molar-refractivity contribution in [2.75, 3.05) is 0 Å². The van der Waals surface area contributed by atoms with Crippen molar-refractivity contribution in [3.05, 3.63) is 84.9 Å². The molecule has 6 rings (SSSR count). The molecule has 25 heavy (non-hydrogen) atoms. The van der Waals surface area contributed by atoms with E-state index in [1.165, 1.54) is 52.5 Å². The van der Waals surface area contributed by atoms with Crippen molar-refractivity contribution in [3.63, 3.8) is 0 Å². The third-order valence-corrected chi connectivity index (χ3v) is 6.33. The number of benzene rings is 5. The molecule has 6 aromatic rings. The number of thiophene rings is 1. The molecule has 0 aliphatic heterocycles. The van der Waals surface area contributed by atoms with Crippen LogP contribution in [0.25, 0.3) is 52.5 Å². The van der Waals surface area contributed by atoms with Crippen molar-refractivity contribution in [1.82, 2.24) is 0 Å². The second-order valence-corrected chi connectivity index (χ2v) is 7.70. The molecule has 0 radical (unpaired) electrons. The van der Waals surface area contributed by atoms with Gasteiger partial charge in [-0.15, -0.1) is 11.3 Å². The standard InChI is InChI=1S/C24H14S/c1-2-7-17-14-20-18(13-16(17)6-1)10-12-22-24(20)23-19-8-4-3-5-15(19)9-11-21(23)25-22/h1-14H. The summed E-state index contributed by atoms with van der Waals surface area (Å²) in [6.07, 6.45) is 0. The monoisotopic (exact) mass is 334 g/mol. The van der Waals surface area contributed by atoms with Crippen molar-refractivity contribution in [2.45, 2.75) is 0 Å². The Balaban J connectivity index is 1.93. The van der Waals surface area contributed by atoms with Crippen LogP contribution in [0.15, 0.2) is 84.9 Å². The lowest BCUT2D eigenvalue weighted by molar-refractivity contribution is 1.80. The Morgan fingerprint density at radius 2 is 1.04 bits per heavy atom. The van der Waals surface area contributed by atoms with Crippen LogP contribution in [-0.2, 0) is 0 Å². The molecule has 0 aliphatic rings. The van der Waals surface area contributed by atoms with Crippen molar-refractivity contribution >= 4 is 63.8 Å². The molecular formula is C24H14S. The van der Waals surface area contributed by atoms with E-state index in [9.17, 15) is 0 Å². The van der Waals surface area contributed by atoms with Gasteiger partial charge in [-0.2, -0.15) is 0 Å². The van der Waals surface area contributed by atoms with Gasteiger partial charge in [-0.1, -0.05) is 60.7 Å². The Hall–Kier alpha value is -2.90. The number of hydrogen-bond donors (Lipinski definition) is 0. The van der Waals surface area contributed by atoms with Crippen LogP contribution in [-0.4, -0.2) is 0 Å². The fourth-order valence-corrected chi connectivity index (χ4v) is 5.19. The van der Waals surface area contributed by atoms with Crippen LogP contribution < -0.4 is 0 Å². The summed E-state index contributed by atoms with van der Waals surface area (Å²) < 4.78 is 2.74. The van der Waals surface area contributed by atoms with Gasteiger partial charge in [0.15, 0.2) is 0 Å². The topological polar surface area (TPSA) is 0 Å². The van der Waals surface area contributed by atoms with Crippen LogP contribution in [0.4, 0.5) is 0 Å². The van der Waals surface area contributed by atoms with E-state index in [4.69, 9.17) is 0 Å². The van der Waals surface area contributed by atoms with E-state index in [1.54, 1.807) is 0 Å². The van der Waals surface area contributed by atoms with Gasteiger partial charge in [0.25, 0.3) is 0 Å². The molecule has 116 valence electrons. The van der Waals surface area contributed by atoms with Gasteiger partial charge in [0.2, 0.25) is 0 Å². The highest BCUT2D eigenvalue weighted by atomic mass is 32.1. The van der Waals surface area contributed by atoms with E-state index >= 15 is 0 Å². The van der Waals surface area contributed by atoms with Gasteiger partial charge in [-0.05, 0) is 56.6 Å². The highest BCUT2D eigenvalue weighted by Gasteiger charge is 2.12. The summed E-state index contributed by atoms with van der Waals surface area (Å²) in [6.45, 7) is 0. The number of fused-ring (bicyclic) bond motifs is 8. The molecule has 0 amide bonds. The molecule has 0 atom stereocenters. The van der Waals surface area contributed by atoms with Crippen LogP contribution in [0.5, 0.6) is 0 Å². The first-order valence-electron chi connectivity index (χ1n) is 8.54. The molecule has 1 aromatic heterocycles. The fourth-order valence-electron chi connectivity index (χ4n) is 4.05. The summed E-state index contributed by atoms with van der Waals surface area (Å²) in [6, 6.07) is 31.1. The molecule has 5 aromatic carbocycles. The number of rotatable bonds is 0. The Kier molecular flexibility index (Phi) is 2.58. The van der Waals surface area contributed by atoms with E-state index < -0.39 is 0 Å². The fraction of sp³-hybridized carbons (Fsp3) is 0. The normalized spacial score (nSPS) is 12.0. The minimum atomic E-state index is 1.30. The first kappa shape index (κ1) is 13.4. The molecule has 1 heterocycles. The first-order chi connectivity index (χ1) is 12.4. The third-order valence-electron chi connectivity index (χ3n) is 5.21. The maximum atomic E-state index is 2.36. The Labute approximate surface area is 148 Å². The van der Waals surface area contributed by atoms with E-state index in [0.29, 0.717) is 0 Å². The van der Waals surface area contributed by atoms with E-state index in [2.05, 4.69) is 84.9 Å². The van der Waals surface area contributed by atoms with Gasteiger partial charge in [-0.3, -0.25) is 0 Å². The second-order valence-electron chi connectivity index (χ2n) is 6.62. The molecule has 0 spiro atoms. The molecule has 0 fully saturated rings. The lowest BCUT2D eigenvalue weighted by Crippen LogP contribution is -1.79. The highest BCUT2D eigenvalue weighted by Crippen LogP contribution is 2.42. The van der Waals surface area contributed by atoms with Crippen molar-refractivity contribution in [1.29, 1.82) is 0 Å². The van der Waals surface area contributed by atoms with Gasteiger partial charge >= 0.3 is 0 Å². The quantitative estimate of drug-likeness (QED) is 0.252. The van der Waals surface area contributed by atoms with Gasteiger partial charge in [-0.25, -0.2) is 0 Å². The van der Waals surface area contributed by atoms with Gasteiger partial charge in [0.05, 0.1) is 0 Å². The predicted octanol–water partition coefficient (Wildman–Crippen LogP) is 7.51. The van der Waals surface area contributed by atoms with Crippen LogP contribution in [0.3, 0.4) is 0 Å². The molecule has 0 unspecified atom stereocenters. The molecule has 0 nitrogen and oxygen atoms in total. The minimum Gasteiger partial charge on any atom is -0.135 e. The molecular weight excluding hydrogens is 320 g/mol.